The van der Waals surface area contributed by atoms with Crippen LogP contribution in [0.15, 0.2) is 24.3 Å². The number of aryl methyl sites for hydroxylation is 2. The summed E-state index contributed by atoms with van der Waals surface area (Å²) in [5.74, 6) is -0.158. The van der Waals surface area contributed by atoms with E-state index in [2.05, 4.69) is 34.4 Å². The first kappa shape index (κ1) is 19.9. The number of benzene rings is 1. The van der Waals surface area contributed by atoms with Gasteiger partial charge in [-0.1, -0.05) is 41.4 Å². The molecular formula is C20H27ClN4O2. The van der Waals surface area contributed by atoms with Crippen molar-refractivity contribution in [3.8, 4) is 0 Å². The maximum Gasteiger partial charge on any atom is 0.256 e. The molecule has 6 nitrogen and oxygen atoms in total. The Morgan fingerprint density at radius 1 is 1.22 bits per heavy atom. The van der Waals surface area contributed by atoms with Crippen LogP contribution in [0.3, 0.4) is 0 Å². The molecule has 0 radical (unpaired) electrons. The van der Waals surface area contributed by atoms with Crippen LogP contribution in [0.1, 0.15) is 33.6 Å². The summed E-state index contributed by atoms with van der Waals surface area (Å²) in [6, 6.07) is 8.21. The van der Waals surface area contributed by atoms with Gasteiger partial charge in [-0.3, -0.25) is 9.69 Å². The van der Waals surface area contributed by atoms with E-state index < -0.39 is 0 Å². The number of amides is 1. The topological polar surface area (TPSA) is 59.4 Å². The third-order valence-corrected chi connectivity index (χ3v) is 5.17. The molecule has 1 aromatic carbocycles. The molecule has 0 saturated carbocycles. The number of ether oxygens (including phenoxy) is 1. The Hall–Kier alpha value is -1.89. The van der Waals surface area contributed by atoms with Gasteiger partial charge in [0.2, 0.25) is 0 Å². The average Bonchev–Trinajstić information content (AvgIpc) is 2.95. The molecule has 3 rings (SSSR count). The average molecular weight is 391 g/mol. The van der Waals surface area contributed by atoms with Crippen LogP contribution in [-0.2, 0) is 11.3 Å². The Morgan fingerprint density at radius 3 is 2.63 bits per heavy atom. The van der Waals surface area contributed by atoms with Crippen molar-refractivity contribution in [1.29, 1.82) is 0 Å². The Morgan fingerprint density at radius 2 is 1.93 bits per heavy atom. The molecule has 2 aromatic rings. The van der Waals surface area contributed by atoms with Crippen molar-refractivity contribution in [3.63, 3.8) is 0 Å². The minimum atomic E-state index is -0.158. The highest BCUT2D eigenvalue weighted by Gasteiger charge is 2.20. The monoisotopic (exact) mass is 390 g/mol. The minimum Gasteiger partial charge on any atom is -0.379 e. The molecule has 1 aromatic heterocycles. The summed E-state index contributed by atoms with van der Waals surface area (Å²) in [6.07, 6.45) is 0.903. The standard InChI is InChI=1S/C20H27ClN4O2/c1-15-4-6-17(7-5-15)14-25-19(21)18(16(2)23-25)20(26)22-8-3-9-24-10-12-27-13-11-24/h4-7H,3,8-14H2,1-2H3,(H,22,26). The molecule has 7 heteroatoms. The quantitative estimate of drug-likeness (QED) is 0.738. The van der Waals surface area contributed by atoms with Gasteiger partial charge in [0, 0.05) is 19.6 Å². The molecule has 1 fully saturated rings. The minimum absolute atomic E-state index is 0.158. The number of halogens is 1. The van der Waals surface area contributed by atoms with Crippen molar-refractivity contribution in [2.75, 3.05) is 39.4 Å². The second-order valence-corrected chi connectivity index (χ2v) is 7.32. The van der Waals surface area contributed by atoms with Crippen LogP contribution < -0.4 is 5.32 Å². The largest absolute Gasteiger partial charge is 0.379 e. The van der Waals surface area contributed by atoms with Gasteiger partial charge in [-0.05, 0) is 32.4 Å². The van der Waals surface area contributed by atoms with Crippen molar-refractivity contribution in [1.82, 2.24) is 20.0 Å². The van der Waals surface area contributed by atoms with E-state index in [1.165, 1.54) is 5.56 Å². The lowest BCUT2D eigenvalue weighted by atomic mass is 10.1. The number of carbonyl (C=O) groups excluding carboxylic acids is 1. The fraction of sp³-hybridized carbons (Fsp3) is 0.500. The van der Waals surface area contributed by atoms with Crippen LogP contribution in [0, 0.1) is 13.8 Å². The first-order chi connectivity index (χ1) is 13.0. The van der Waals surface area contributed by atoms with Crippen molar-refractivity contribution in [3.05, 3.63) is 51.8 Å². The third kappa shape index (κ3) is 5.31. The second-order valence-electron chi connectivity index (χ2n) is 6.96. The number of hydrogen-bond donors (Lipinski definition) is 1. The highest BCUT2D eigenvalue weighted by atomic mass is 35.5. The van der Waals surface area contributed by atoms with Gasteiger partial charge in [0.1, 0.15) is 5.15 Å². The number of morpholine rings is 1. The summed E-state index contributed by atoms with van der Waals surface area (Å²) in [6.45, 7) is 9.51. The van der Waals surface area contributed by atoms with Gasteiger partial charge >= 0.3 is 0 Å². The van der Waals surface area contributed by atoms with Gasteiger partial charge in [-0.25, -0.2) is 4.68 Å². The van der Waals surface area contributed by atoms with Gasteiger partial charge < -0.3 is 10.1 Å². The van der Waals surface area contributed by atoms with E-state index >= 15 is 0 Å². The highest BCUT2D eigenvalue weighted by Crippen LogP contribution is 2.21. The third-order valence-electron chi connectivity index (χ3n) is 4.79. The maximum atomic E-state index is 12.6. The molecule has 0 unspecified atom stereocenters. The lowest BCUT2D eigenvalue weighted by Crippen LogP contribution is -2.38. The summed E-state index contributed by atoms with van der Waals surface area (Å²) in [5, 5.41) is 7.81. The molecule has 2 heterocycles. The van der Waals surface area contributed by atoms with Gasteiger partial charge in [-0.15, -0.1) is 0 Å². The van der Waals surface area contributed by atoms with Gasteiger partial charge in [-0.2, -0.15) is 5.10 Å². The molecule has 0 bridgehead atoms. The van der Waals surface area contributed by atoms with Crippen LogP contribution in [0.25, 0.3) is 0 Å². The van der Waals surface area contributed by atoms with E-state index in [9.17, 15) is 4.79 Å². The fourth-order valence-electron chi connectivity index (χ4n) is 3.20. The van der Waals surface area contributed by atoms with Gasteiger partial charge in [0.25, 0.3) is 5.91 Å². The summed E-state index contributed by atoms with van der Waals surface area (Å²) in [7, 11) is 0. The van der Waals surface area contributed by atoms with Crippen molar-refractivity contribution in [2.24, 2.45) is 0 Å². The molecule has 27 heavy (non-hydrogen) atoms. The zero-order valence-corrected chi connectivity index (χ0v) is 16.8. The lowest BCUT2D eigenvalue weighted by molar-refractivity contribution is 0.0374. The number of carbonyl (C=O) groups is 1. The molecule has 1 saturated heterocycles. The molecule has 1 aliphatic heterocycles. The molecular weight excluding hydrogens is 364 g/mol. The fourth-order valence-corrected chi connectivity index (χ4v) is 3.52. The van der Waals surface area contributed by atoms with E-state index in [1.807, 2.05) is 19.1 Å². The SMILES string of the molecule is Cc1ccc(Cn2nc(C)c(C(=O)NCCCN3CCOCC3)c2Cl)cc1. The first-order valence-electron chi connectivity index (χ1n) is 9.41. The maximum absolute atomic E-state index is 12.6. The van der Waals surface area contributed by atoms with Crippen LogP contribution in [0.4, 0.5) is 0 Å². The second kappa shape index (κ2) is 9.35. The van der Waals surface area contributed by atoms with Crippen molar-refractivity contribution >= 4 is 17.5 Å². The van der Waals surface area contributed by atoms with E-state index in [0.29, 0.717) is 29.5 Å². The summed E-state index contributed by atoms with van der Waals surface area (Å²) in [5.41, 5.74) is 3.43. The molecule has 146 valence electrons. The van der Waals surface area contributed by atoms with E-state index in [0.717, 1.165) is 44.8 Å². The summed E-state index contributed by atoms with van der Waals surface area (Å²) in [4.78, 5) is 14.9. The molecule has 1 aliphatic rings. The summed E-state index contributed by atoms with van der Waals surface area (Å²) < 4.78 is 7.03. The smallest absolute Gasteiger partial charge is 0.256 e. The first-order valence-corrected chi connectivity index (χ1v) is 9.79. The molecule has 0 atom stereocenters. The zero-order valence-electron chi connectivity index (χ0n) is 16.0. The molecule has 0 aliphatic carbocycles. The number of rotatable bonds is 7. The van der Waals surface area contributed by atoms with Crippen LogP contribution in [0.5, 0.6) is 0 Å². The molecule has 1 N–H and O–H groups in total. The molecule has 0 spiro atoms. The van der Waals surface area contributed by atoms with Crippen molar-refractivity contribution in [2.45, 2.75) is 26.8 Å². The Balaban J connectivity index is 1.54. The Bertz CT molecular complexity index is 767. The number of nitrogens with one attached hydrogen (secondary N) is 1. The number of aromatic nitrogens is 2. The highest BCUT2D eigenvalue weighted by molar-refractivity contribution is 6.33. The van der Waals surface area contributed by atoms with Crippen LogP contribution in [0.2, 0.25) is 5.15 Å². The van der Waals surface area contributed by atoms with E-state index in [1.54, 1.807) is 4.68 Å². The van der Waals surface area contributed by atoms with E-state index in [-0.39, 0.29) is 5.91 Å². The van der Waals surface area contributed by atoms with Crippen LogP contribution in [-0.4, -0.2) is 60.0 Å². The lowest BCUT2D eigenvalue weighted by Gasteiger charge is -2.26. The normalized spacial score (nSPS) is 15.1. The number of hydrogen-bond acceptors (Lipinski definition) is 4. The predicted octanol–water partition coefficient (Wildman–Crippen LogP) is 2.65. The van der Waals surface area contributed by atoms with E-state index in [4.69, 9.17) is 16.3 Å². The molecule has 1 amide bonds. The Labute approximate surface area is 165 Å². The summed E-state index contributed by atoms with van der Waals surface area (Å²) >= 11 is 6.46. The predicted molar refractivity (Wildman–Crippen MR) is 106 cm³/mol. The van der Waals surface area contributed by atoms with Crippen molar-refractivity contribution < 1.29 is 9.53 Å². The van der Waals surface area contributed by atoms with Crippen LogP contribution >= 0.6 is 11.6 Å². The Kier molecular flexibility index (Phi) is 6.88. The van der Waals surface area contributed by atoms with Gasteiger partial charge in [0.05, 0.1) is 31.0 Å². The number of nitrogens with zero attached hydrogens (tertiary/aromatic N) is 3. The zero-order chi connectivity index (χ0) is 19.2. The van der Waals surface area contributed by atoms with Gasteiger partial charge in [0.15, 0.2) is 0 Å².